The Labute approximate surface area is 82.8 Å². The number of methoxy groups -OCH3 is 1. The molecule has 1 rings (SSSR count). The van der Waals surface area contributed by atoms with Gasteiger partial charge in [0.05, 0.1) is 7.11 Å². The molecule has 0 spiro atoms. The number of ether oxygens (including phenoxy) is 1. The van der Waals surface area contributed by atoms with Crippen molar-refractivity contribution < 1.29 is 9.53 Å². The van der Waals surface area contributed by atoms with Crippen LogP contribution >= 0.6 is 0 Å². The van der Waals surface area contributed by atoms with Gasteiger partial charge in [-0.05, 0) is 13.3 Å². The van der Waals surface area contributed by atoms with E-state index in [1.165, 1.54) is 7.11 Å². The zero-order valence-corrected chi connectivity index (χ0v) is 8.65. The molecular formula is C9H15N3O2. The third-order valence-corrected chi connectivity index (χ3v) is 1.83. The Morgan fingerprint density at radius 2 is 2.43 bits per heavy atom. The second kappa shape index (κ2) is 4.23. The van der Waals surface area contributed by atoms with E-state index in [0.29, 0.717) is 12.1 Å². The number of esters is 1. The molecule has 1 heterocycles. The first-order chi connectivity index (χ1) is 6.54. The summed E-state index contributed by atoms with van der Waals surface area (Å²) in [7, 11) is 3.10. The first kappa shape index (κ1) is 10.7. The van der Waals surface area contributed by atoms with E-state index < -0.39 is 5.97 Å². The predicted molar refractivity (Wildman–Crippen MR) is 51.9 cm³/mol. The summed E-state index contributed by atoms with van der Waals surface area (Å²) in [6.45, 7) is 1.88. The van der Waals surface area contributed by atoms with Crippen LogP contribution in [-0.2, 0) is 18.2 Å². The summed E-state index contributed by atoms with van der Waals surface area (Å²) in [5, 5.41) is 4.02. The number of hydrogen-bond donors (Lipinski definition) is 1. The molecule has 14 heavy (non-hydrogen) atoms. The standard InChI is InChI=1S/C9H15N3O2/c1-6(10)4-7-5-12(2)11-8(7)9(13)14-3/h5-6H,4,10H2,1-3H3/t6-/m0/s1. The summed E-state index contributed by atoms with van der Waals surface area (Å²) in [6.07, 6.45) is 2.41. The minimum atomic E-state index is -0.416. The smallest absolute Gasteiger partial charge is 0.358 e. The maximum Gasteiger partial charge on any atom is 0.358 e. The zero-order chi connectivity index (χ0) is 10.7. The average Bonchev–Trinajstić information content (AvgIpc) is 2.44. The van der Waals surface area contributed by atoms with E-state index in [9.17, 15) is 4.79 Å². The highest BCUT2D eigenvalue weighted by molar-refractivity contribution is 5.88. The number of carbonyl (C=O) groups excluding carboxylic acids is 1. The fourth-order valence-corrected chi connectivity index (χ4v) is 1.30. The van der Waals surface area contributed by atoms with Gasteiger partial charge in [-0.2, -0.15) is 5.10 Å². The fourth-order valence-electron chi connectivity index (χ4n) is 1.30. The molecule has 0 unspecified atom stereocenters. The van der Waals surface area contributed by atoms with Crippen LogP contribution in [0.1, 0.15) is 23.0 Å². The molecule has 2 N–H and O–H groups in total. The van der Waals surface area contributed by atoms with Gasteiger partial charge < -0.3 is 10.5 Å². The summed E-state index contributed by atoms with van der Waals surface area (Å²) in [5.74, 6) is -0.416. The summed E-state index contributed by atoms with van der Waals surface area (Å²) >= 11 is 0. The fraction of sp³-hybridized carbons (Fsp3) is 0.556. The van der Waals surface area contributed by atoms with Crippen LogP contribution in [0.3, 0.4) is 0 Å². The normalized spacial score (nSPS) is 12.6. The predicted octanol–water partition coefficient (Wildman–Crippen LogP) is 0.0964. The maximum atomic E-state index is 11.3. The number of aryl methyl sites for hydroxylation is 1. The molecule has 0 bridgehead atoms. The van der Waals surface area contributed by atoms with Crippen molar-refractivity contribution in [1.29, 1.82) is 0 Å². The largest absolute Gasteiger partial charge is 0.464 e. The van der Waals surface area contributed by atoms with Crippen LogP contribution < -0.4 is 5.73 Å². The number of nitrogens with two attached hydrogens (primary N) is 1. The zero-order valence-electron chi connectivity index (χ0n) is 8.65. The highest BCUT2D eigenvalue weighted by Gasteiger charge is 2.16. The minimum Gasteiger partial charge on any atom is -0.464 e. The van der Waals surface area contributed by atoms with Gasteiger partial charge in [-0.1, -0.05) is 0 Å². The highest BCUT2D eigenvalue weighted by Crippen LogP contribution is 2.09. The molecule has 0 aliphatic heterocycles. The first-order valence-corrected chi connectivity index (χ1v) is 4.41. The van der Waals surface area contributed by atoms with E-state index in [1.807, 2.05) is 6.92 Å². The summed E-state index contributed by atoms with van der Waals surface area (Å²) in [5.41, 5.74) is 6.84. The highest BCUT2D eigenvalue weighted by atomic mass is 16.5. The third kappa shape index (κ3) is 2.32. The first-order valence-electron chi connectivity index (χ1n) is 4.41. The van der Waals surface area contributed by atoms with Crippen molar-refractivity contribution in [3.8, 4) is 0 Å². The van der Waals surface area contributed by atoms with Gasteiger partial charge in [0, 0.05) is 24.8 Å². The molecule has 0 aromatic carbocycles. The second-order valence-corrected chi connectivity index (χ2v) is 3.35. The topological polar surface area (TPSA) is 70.1 Å². The van der Waals surface area contributed by atoms with Crippen molar-refractivity contribution in [2.75, 3.05) is 7.11 Å². The SMILES string of the molecule is COC(=O)c1nn(C)cc1C[C@H](C)N. The van der Waals surface area contributed by atoms with E-state index in [2.05, 4.69) is 9.84 Å². The summed E-state index contributed by atoms with van der Waals surface area (Å²) in [4.78, 5) is 11.3. The van der Waals surface area contributed by atoms with E-state index in [4.69, 9.17) is 5.73 Å². The Morgan fingerprint density at radius 3 is 2.93 bits per heavy atom. The Morgan fingerprint density at radius 1 is 1.79 bits per heavy atom. The number of carbonyl (C=O) groups is 1. The van der Waals surface area contributed by atoms with Crippen LogP contribution in [0.4, 0.5) is 0 Å². The van der Waals surface area contributed by atoms with Gasteiger partial charge in [0.1, 0.15) is 0 Å². The lowest BCUT2D eigenvalue weighted by atomic mass is 10.1. The van der Waals surface area contributed by atoms with Crippen molar-refractivity contribution in [2.24, 2.45) is 12.8 Å². The summed E-state index contributed by atoms with van der Waals surface area (Å²) < 4.78 is 6.20. The molecule has 1 aromatic heterocycles. The van der Waals surface area contributed by atoms with Gasteiger partial charge in [0.25, 0.3) is 0 Å². The maximum absolute atomic E-state index is 11.3. The van der Waals surface area contributed by atoms with E-state index in [-0.39, 0.29) is 6.04 Å². The molecule has 0 saturated carbocycles. The van der Waals surface area contributed by atoms with Crippen molar-refractivity contribution in [2.45, 2.75) is 19.4 Å². The molecule has 5 heteroatoms. The van der Waals surface area contributed by atoms with E-state index in [1.54, 1.807) is 17.9 Å². The monoisotopic (exact) mass is 197 g/mol. The van der Waals surface area contributed by atoms with Crippen molar-refractivity contribution in [3.63, 3.8) is 0 Å². The lowest BCUT2D eigenvalue weighted by Crippen LogP contribution is -2.19. The molecule has 0 aliphatic rings. The molecule has 0 saturated heterocycles. The molecule has 0 amide bonds. The Bertz CT molecular complexity index is 331. The molecule has 78 valence electrons. The van der Waals surface area contributed by atoms with Gasteiger partial charge in [0.2, 0.25) is 0 Å². The van der Waals surface area contributed by atoms with Crippen molar-refractivity contribution >= 4 is 5.97 Å². The molecule has 1 atom stereocenters. The van der Waals surface area contributed by atoms with Crippen LogP contribution in [0, 0.1) is 0 Å². The van der Waals surface area contributed by atoms with Gasteiger partial charge >= 0.3 is 5.97 Å². The van der Waals surface area contributed by atoms with Crippen molar-refractivity contribution in [3.05, 3.63) is 17.5 Å². The minimum absolute atomic E-state index is 0.00241. The third-order valence-electron chi connectivity index (χ3n) is 1.83. The second-order valence-electron chi connectivity index (χ2n) is 3.35. The lowest BCUT2D eigenvalue weighted by Gasteiger charge is -2.03. The van der Waals surface area contributed by atoms with Crippen LogP contribution in [-0.4, -0.2) is 28.9 Å². The Balaban J connectivity index is 2.96. The number of rotatable bonds is 3. The molecular weight excluding hydrogens is 182 g/mol. The van der Waals surface area contributed by atoms with Crippen LogP contribution in [0.5, 0.6) is 0 Å². The molecule has 0 fully saturated rings. The van der Waals surface area contributed by atoms with Crippen LogP contribution in [0.15, 0.2) is 6.20 Å². The number of hydrogen-bond acceptors (Lipinski definition) is 4. The van der Waals surface area contributed by atoms with E-state index in [0.717, 1.165) is 5.56 Å². The van der Waals surface area contributed by atoms with Gasteiger partial charge in [-0.15, -0.1) is 0 Å². The Hall–Kier alpha value is -1.36. The van der Waals surface area contributed by atoms with Crippen LogP contribution in [0.25, 0.3) is 0 Å². The molecule has 5 nitrogen and oxygen atoms in total. The van der Waals surface area contributed by atoms with Crippen molar-refractivity contribution in [1.82, 2.24) is 9.78 Å². The number of nitrogens with zero attached hydrogens (tertiary/aromatic N) is 2. The van der Waals surface area contributed by atoms with Gasteiger partial charge in [0.15, 0.2) is 5.69 Å². The lowest BCUT2D eigenvalue weighted by molar-refractivity contribution is 0.0592. The number of aromatic nitrogens is 2. The molecule has 0 aliphatic carbocycles. The Kier molecular flexibility index (Phi) is 3.24. The average molecular weight is 197 g/mol. The van der Waals surface area contributed by atoms with E-state index >= 15 is 0 Å². The quantitative estimate of drug-likeness (QED) is 0.697. The molecule has 0 radical (unpaired) electrons. The van der Waals surface area contributed by atoms with Crippen LogP contribution in [0.2, 0.25) is 0 Å². The molecule has 1 aromatic rings. The van der Waals surface area contributed by atoms with Gasteiger partial charge in [-0.25, -0.2) is 4.79 Å². The van der Waals surface area contributed by atoms with Gasteiger partial charge in [-0.3, -0.25) is 4.68 Å². The summed E-state index contributed by atoms with van der Waals surface area (Å²) in [6, 6.07) is 0.00241.